The van der Waals surface area contributed by atoms with Crippen LogP contribution in [0.1, 0.15) is 0 Å². The van der Waals surface area contributed by atoms with Gasteiger partial charge < -0.3 is 0 Å². The highest BCUT2D eigenvalue weighted by Gasteiger charge is 2.92. The number of hydrogen-bond acceptors (Lipinski definition) is 7. The minimum Gasteiger partial charge on any atom is -0.283 e. The lowest BCUT2D eigenvalue weighted by atomic mass is 10.6. The molecule has 0 N–H and O–H groups in total. The first kappa shape index (κ1) is 39.4. The van der Waals surface area contributed by atoms with Crippen molar-refractivity contribution >= 4 is 61.7 Å². The zero-order valence-corrected chi connectivity index (χ0v) is 21.0. The summed E-state index contributed by atoms with van der Waals surface area (Å²) in [7, 11) is -11.8. The average molecular weight is 753 g/mol. The second-order valence-electron chi connectivity index (χ2n) is 5.58. The van der Waals surface area contributed by atoms with Crippen molar-refractivity contribution in [2.45, 2.75) is 52.0 Å². The normalized spacial score (nSPS) is 19.5. The van der Waals surface area contributed by atoms with Gasteiger partial charge in [0.05, 0.1) is 21.6 Å². The Hall–Kier alpha value is 0.420. The van der Waals surface area contributed by atoms with Gasteiger partial charge in [0.1, 0.15) is 0 Å². The molecule has 2 unspecified atom stereocenters. The largest absolute Gasteiger partial charge is 0.527 e. The van der Waals surface area contributed by atoms with E-state index in [2.05, 4.69) is 37.4 Å². The lowest BCUT2D eigenvalue weighted by molar-refractivity contribution is -0.425. The molecule has 0 fully saturated rings. The highest BCUT2D eigenvalue weighted by molar-refractivity contribution is 9.60. The molecule has 0 amide bonds. The van der Waals surface area contributed by atoms with Gasteiger partial charge in [-0.3, -0.25) is 14.2 Å². The van der Waals surface area contributed by atoms with Crippen LogP contribution in [0, 0.1) is 0 Å². The second kappa shape index (κ2) is 10.8. The molecule has 0 aromatic rings. The summed E-state index contributed by atoms with van der Waals surface area (Å²) in [4.78, 5) is 0. The van der Waals surface area contributed by atoms with Gasteiger partial charge in [-0.05, 0) is 11.6 Å². The molecule has 0 rings (SSSR count). The molecule has 39 heavy (non-hydrogen) atoms. The third-order valence-electron chi connectivity index (χ3n) is 2.53. The summed E-state index contributed by atoms with van der Waals surface area (Å²) in [5, 5.41) is 0. The van der Waals surface area contributed by atoms with Crippen LogP contribution < -0.4 is 0 Å². The van der Waals surface area contributed by atoms with Crippen molar-refractivity contribution in [1.29, 1.82) is 0 Å². The molecule has 0 aromatic heterocycles. The van der Waals surface area contributed by atoms with E-state index in [0.29, 0.717) is 0 Å². The van der Waals surface area contributed by atoms with Gasteiger partial charge in [-0.2, -0.15) is 65.9 Å². The molecule has 30 heteroatoms. The Morgan fingerprint density at radius 1 is 0.667 bits per heavy atom. The van der Waals surface area contributed by atoms with Crippen molar-refractivity contribution in [3.05, 3.63) is 0 Å². The Morgan fingerprint density at radius 2 is 1.10 bits per heavy atom. The first-order chi connectivity index (χ1) is 16.4. The van der Waals surface area contributed by atoms with Crippen LogP contribution >= 0.6 is 61.7 Å². The Kier molecular flexibility index (Phi) is 11.0. The van der Waals surface area contributed by atoms with Crippen molar-refractivity contribution in [2.75, 3.05) is 0 Å². The lowest BCUT2D eigenvalue weighted by Gasteiger charge is -2.62. The first-order valence-electron chi connectivity index (χ1n) is 7.47. The van der Waals surface area contributed by atoms with Crippen molar-refractivity contribution < 1.29 is 106 Å². The van der Waals surface area contributed by atoms with Crippen LogP contribution in [-0.2, 0) is 18.9 Å². The topological polar surface area (TPSA) is 36.9 Å². The van der Waals surface area contributed by atoms with Crippen LogP contribution in [0.2, 0.25) is 0 Å². The molecular weight excluding hydrogens is 751 g/mol. The van der Waals surface area contributed by atoms with E-state index in [1.165, 1.54) is 0 Å². The van der Waals surface area contributed by atoms with E-state index in [-0.39, 0.29) is 0 Å². The van der Waals surface area contributed by atoms with E-state index in [9.17, 15) is 79.0 Å². The van der Waals surface area contributed by atoms with Crippen LogP contribution in [0.4, 0.5) is 86.8 Å². The summed E-state index contributed by atoms with van der Waals surface area (Å²) in [6.07, 6.45) is -33.3. The highest BCUT2D eigenvalue weighted by atomic mass is 35.5. The Bertz CT molecular complexity index is 875. The maximum absolute atomic E-state index is 15.6. The van der Waals surface area contributed by atoms with Crippen molar-refractivity contribution in [1.82, 2.24) is 0 Å². The van der Waals surface area contributed by atoms with Crippen molar-refractivity contribution in [3.8, 4) is 0 Å². The molecule has 4 nitrogen and oxygen atoms in total. The van der Waals surface area contributed by atoms with Gasteiger partial charge in [0, 0.05) is 10.8 Å². The van der Waals surface area contributed by atoms with Crippen LogP contribution in [0.25, 0.3) is 0 Å². The van der Waals surface area contributed by atoms with Crippen LogP contribution in [0.15, 0.2) is 0 Å². The quantitative estimate of drug-likeness (QED) is 0.0850. The summed E-state index contributed by atoms with van der Waals surface area (Å²) < 4.78 is 267. The molecule has 0 aromatic carbocycles. The van der Waals surface area contributed by atoms with E-state index < -0.39 is 90.6 Å². The molecule has 0 spiro atoms. The van der Waals surface area contributed by atoms with E-state index in [1.807, 2.05) is 0 Å². The number of hydrogen-bond donors (Lipinski definition) is 0. The highest BCUT2D eigenvalue weighted by Crippen LogP contribution is 3.21. The second-order valence-corrected chi connectivity index (χ2v) is 21.4. The molecule has 0 aliphatic carbocycles. The number of rotatable bonds is 12. The molecule has 0 aliphatic rings. The molecule has 2 atom stereocenters. The van der Waals surface area contributed by atoms with Crippen LogP contribution in [-0.4, -0.2) is 52.0 Å². The average Bonchev–Trinajstić information content (AvgIpc) is 2.42. The van der Waals surface area contributed by atoms with E-state index >= 15 is 7.77 Å². The molecule has 0 heterocycles. The minimum atomic E-state index is -11.9. The SMILES string of the molecule is FC(F)OC(Cl)OC(Cl)(OC(F)(F)C(F)(F)F)SS(F)(F)(SC(F)(F)F)(SC(F)(F)OC(F)(F)F)C(F)(F)F. The Labute approximate surface area is 219 Å². The molecule has 240 valence electrons. The fraction of sp³-hybridized carbons (Fsp3) is 1.00. The van der Waals surface area contributed by atoms with Crippen molar-refractivity contribution in [2.24, 2.45) is 0 Å². The summed E-state index contributed by atoms with van der Waals surface area (Å²) >= 11 is 9.14. The van der Waals surface area contributed by atoms with E-state index in [4.69, 9.17) is 0 Å². The number of alkyl halides is 20. The Morgan fingerprint density at radius 3 is 1.41 bits per heavy atom. The Balaban J connectivity index is 7.58. The zero-order chi connectivity index (χ0) is 32.0. The van der Waals surface area contributed by atoms with Gasteiger partial charge in [0.15, 0.2) is 6.16 Å². The lowest BCUT2D eigenvalue weighted by Crippen LogP contribution is -2.49. The van der Waals surface area contributed by atoms with Crippen LogP contribution in [0.3, 0.4) is 0 Å². The summed E-state index contributed by atoms with van der Waals surface area (Å²) in [5.74, 6) is -3.91. The summed E-state index contributed by atoms with van der Waals surface area (Å²) in [6, 6.07) is 0. The van der Waals surface area contributed by atoms with Crippen molar-refractivity contribution in [3.63, 3.8) is 0 Å². The molecular formula is C9H2Cl2F20O4S4. The van der Waals surface area contributed by atoms with Gasteiger partial charge in [0.2, 0.25) is 5.75 Å². The fourth-order valence-corrected chi connectivity index (χ4v) is 16.3. The van der Waals surface area contributed by atoms with E-state index in [1.54, 1.807) is 4.74 Å². The zero-order valence-electron chi connectivity index (χ0n) is 16.2. The number of ether oxygens (including phenoxy) is 4. The fourth-order valence-electron chi connectivity index (χ4n) is 1.44. The molecule has 0 aliphatic heterocycles. The standard InChI is InChI=1S/C9H2Cl2F20O4S4/c10-1(32-2(12)13)33-5(11,34-4(17,18)3(14,15)16)36-39(30,31,8(25,26)27,37-7(22,23)24)38-9(28,29)35-6(19,20)21/h1-2H. The minimum absolute atomic E-state index is 1.61. The molecule has 0 bridgehead atoms. The third kappa shape index (κ3) is 10.6. The summed E-state index contributed by atoms with van der Waals surface area (Å²) in [5.41, 5.74) is -22.8. The molecule has 0 saturated carbocycles. The smallest absolute Gasteiger partial charge is 0.283 e. The van der Waals surface area contributed by atoms with Gasteiger partial charge in [-0.25, -0.2) is 4.74 Å². The van der Waals surface area contributed by atoms with E-state index in [0.717, 1.165) is 0 Å². The predicted molar refractivity (Wildman–Crippen MR) is 95.3 cm³/mol. The predicted octanol–water partition coefficient (Wildman–Crippen LogP) is 10.5. The van der Waals surface area contributed by atoms with Gasteiger partial charge in [-0.15, -0.1) is 20.9 Å². The maximum Gasteiger partial charge on any atom is 0.527 e. The van der Waals surface area contributed by atoms with Gasteiger partial charge in [0.25, 0.3) is 0 Å². The van der Waals surface area contributed by atoms with Gasteiger partial charge in [-0.1, -0.05) is 11.6 Å². The summed E-state index contributed by atoms with van der Waals surface area (Å²) in [6.45, 7) is -4.40. The number of halogens is 22. The van der Waals surface area contributed by atoms with Gasteiger partial charge >= 0.3 is 46.3 Å². The maximum atomic E-state index is 15.6. The third-order valence-corrected chi connectivity index (χ3v) is 16.5. The van der Waals surface area contributed by atoms with Crippen LogP contribution in [0.5, 0.6) is 0 Å². The molecule has 0 saturated heterocycles. The monoisotopic (exact) mass is 752 g/mol. The first-order valence-corrected chi connectivity index (χ1v) is 14.5. The molecule has 0 radical (unpaired) electrons.